The first-order chi connectivity index (χ1) is 9.02. The predicted molar refractivity (Wildman–Crippen MR) is 84.1 cm³/mol. The molecule has 0 aliphatic carbocycles. The lowest BCUT2D eigenvalue weighted by Crippen LogP contribution is -2.58. The van der Waals surface area contributed by atoms with E-state index in [-0.39, 0.29) is 11.0 Å². The minimum Gasteiger partial charge on any atom is -0.383 e. The zero-order chi connectivity index (χ0) is 13.9. The number of ether oxygens (including phenoxy) is 1. The number of methoxy groups -OCH3 is 1. The van der Waals surface area contributed by atoms with E-state index in [4.69, 9.17) is 9.72 Å². The van der Waals surface area contributed by atoms with Crippen LogP contribution in [0, 0.1) is 12.3 Å². The van der Waals surface area contributed by atoms with Crippen molar-refractivity contribution in [2.75, 3.05) is 31.8 Å². The Hall–Kier alpha value is -0.100. The van der Waals surface area contributed by atoms with Crippen LogP contribution in [-0.4, -0.2) is 36.8 Å². The maximum atomic E-state index is 5.20. The van der Waals surface area contributed by atoms with E-state index in [0.717, 1.165) is 24.6 Å². The Labute approximate surface area is 124 Å². The van der Waals surface area contributed by atoms with Gasteiger partial charge in [-0.3, -0.25) is 0 Å². The molecule has 0 bridgehead atoms. The summed E-state index contributed by atoms with van der Waals surface area (Å²) in [7, 11) is 1.75. The first kappa shape index (κ1) is 15.3. The second kappa shape index (κ2) is 6.12. The molecule has 1 aromatic heterocycles. The molecule has 3 nitrogen and oxygen atoms in total. The van der Waals surface area contributed by atoms with Crippen molar-refractivity contribution in [2.45, 2.75) is 32.7 Å². The van der Waals surface area contributed by atoms with E-state index in [2.05, 4.69) is 31.5 Å². The number of hydrogen-bond donors (Lipinski definition) is 1. The van der Waals surface area contributed by atoms with Gasteiger partial charge in [-0.2, -0.15) is 11.8 Å². The Bertz CT molecular complexity index is 419. The van der Waals surface area contributed by atoms with Gasteiger partial charge in [-0.05, 0) is 24.5 Å². The van der Waals surface area contributed by atoms with Gasteiger partial charge in [0.05, 0.1) is 12.1 Å². The SMILES string of the molecule is COCCNC1(c2nc(C)cs2)CSCCC1(C)C. The maximum absolute atomic E-state index is 5.20. The molecule has 0 aromatic carbocycles. The molecule has 2 rings (SSSR count). The molecule has 108 valence electrons. The first-order valence-electron chi connectivity index (χ1n) is 6.76. The van der Waals surface area contributed by atoms with Gasteiger partial charge in [-0.15, -0.1) is 11.3 Å². The molecule has 2 heterocycles. The molecule has 1 N–H and O–H groups in total. The monoisotopic (exact) mass is 300 g/mol. The van der Waals surface area contributed by atoms with Crippen LogP contribution in [0.1, 0.15) is 31.0 Å². The number of thioether (sulfide) groups is 1. The molecule has 1 saturated heterocycles. The van der Waals surface area contributed by atoms with E-state index < -0.39 is 0 Å². The number of aromatic nitrogens is 1. The smallest absolute Gasteiger partial charge is 0.114 e. The van der Waals surface area contributed by atoms with E-state index in [1.165, 1.54) is 17.2 Å². The molecule has 1 aliphatic heterocycles. The highest BCUT2D eigenvalue weighted by Crippen LogP contribution is 2.49. The van der Waals surface area contributed by atoms with Crippen molar-refractivity contribution in [1.82, 2.24) is 10.3 Å². The van der Waals surface area contributed by atoms with Crippen LogP contribution in [0.5, 0.6) is 0 Å². The minimum absolute atomic E-state index is 0.0205. The van der Waals surface area contributed by atoms with Crippen LogP contribution in [-0.2, 0) is 10.3 Å². The van der Waals surface area contributed by atoms with Gasteiger partial charge in [0.2, 0.25) is 0 Å². The zero-order valence-electron chi connectivity index (χ0n) is 12.3. The maximum Gasteiger partial charge on any atom is 0.114 e. The fraction of sp³-hybridized carbons (Fsp3) is 0.786. The molecular formula is C14H24N2OS2. The normalized spacial score (nSPS) is 26.5. The fourth-order valence-corrected chi connectivity index (χ4v) is 5.57. The molecule has 0 spiro atoms. The molecule has 1 aromatic rings. The summed E-state index contributed by atoms with van der Waals surface area (Å²) in [5, 5.41) is 7.15. The summed E-state index contributed by atoms with van der Waals surface area (Å²) in [6.07, 6.45) is 1.22. The van der Waals surface area contributed by atoms with Gasteiger partial charge in [0.15, 0.2) is 0 Å². The third-order valence-electron chi connectivity index (χ3n) is 4.06. The van der Waals surface area contributed by atoms with Crippen molar-refractivity contribution < 1.29 is 4.74 Å². The van der Waals surface area contributed by atoms with Crippen LogP contribution >= 0.6 is 23.1 Å². The van der Waals surface area contributed by atoms with Crippen LogP contribution in [0.2, 0.25) is 0 Å². The van der Waals surface area contributed by atoms with Gasteiger partial charge < -0.3 is 10.1 Å². The molecule has 1 atom stereocenters. The summed E-state index contributed by atoms with van der Waals surface area (Å²) in [5.41, 5.74) is 1.32. The van der Waals surface area contributed by atoms with Crippen LogP contribution in [0.4, 0.5) is 0 Å². The van der Waals surface area contributed by atoms with Gasteiger partial charge in [-0.25, -0.2) is 4.98 Å². The molecule has 1 aliphatic rings. The van der Waals surface area contributed by atoms with E-state index in [1.807, 2.05) is 11.8 Å². The van der Waals surface area contributed by atoms with E-state index in [0.29, 0.717) is 0 Å². The lowest BCUT2D eigenvalue weighted by Gasteiger charge is -2.49. The van der Waals surface area contributed by atoms with Gasteiger partial charge in [0.25, 0.3) is 0 Å². The Balaban J connectivity index is 2.31. The van der Waals surface area contributed by atoms with Gasteiger partial charge >= 0.3 is 0 Å². The summed E-state index contributed by atoms with van der Waals surface area (Å²) >= 11 is 3.82. The summed E-state index contributed by atoms with van der Waals surface area (Å²) in [4.78, 5) is 4.78. The summed E-state index contributed by atoms with van der Waals surface area (Å²) < 4.78 is 5.20. The number of thiazole rings is 1. The highest BCUT2D eigenvalue weighted by molar-refractivity contribution is 7.99. The van der Waals surface area contributed by atoms with Gasteiger partial charge in [0, 0.05) is 30.5 Å². The zero-order valence-corrected chi connectivity index (χ0v) is 13.9. The second-order valence-electron chi connectivity index (χ2n) is 5.81. The van der Waals surface area contributed by atoms with Crippen molar-refractivity contribution in [3.05, 3.63) is 16.1 Å². The average Bonchev–Trinajstić information content (AvgIpc) is 2.78. The fourth-order valence-electron chi connectivity index (χ4n) is 2.59. The van der Waals surface area contributed by atoms with Crippen molar-refractivity contribution in [3.63, 3.8) is 0 Å². The number of nitrogens with one attached hydrogen (secondary N) is 1. The van der Waals surface area contributed by atoms with Gasteiger partial charge in [0.1, 0.15) is 5.01 Å². The van der Waals surface area contributed by atoms with Crippen LogP contribution < -0.4 is 5.32 Å². The van der Waals surface area contributed by atoms with Gasteiger partial charge in [-0.1, -0.05) is 13.8 Å². The van der Waals surface area contributed by atoms with Crippen molar-refractivity contribution in [3.8, 4) is 0 Å². The predicted octanol–water partition coefficient (Wildman–Crippen LogP) is 3.05. The third-order valence-corrected chi connectivity index (χ3v) is 6.31. The number of aryl methyl sites for hydroxylation is 1. The van der Waals surface area contributed by atoms with Crippen molar-refractivity contribution >= 4 is 23.1 Å². The summed E-state index contributed by atoms with van der Waals surface area (Å²) in [5.74, 6) is 2.34. The highest BCUT2D eigenvalue weighted by Gasteiger charge is 2.49. The topological polar surface area (TPSA) is 34.1 Å². The van der Waals surface area contributed by atoms with Crippen LogP contribution in [0.3, 0.4) is 0 Å². The number of nitrogens with zero attached hydrogens (tertiary/aromatic N) is 1. The Kier molecular flexibility index (Phi) is 4.93. The molecule has 1 fully saturated rings. The average molecular weight is 300 g/mol. The number of rotatable bonds is 5. The second-order valence-corrected chi connectivity index (χ2v) is 7.77. The molecule has 0 amide bonds. The Morgan fingerprint density at radius 1 is 1.47 bits per heavy atom. The standard InChI is InChI=1S/C14H24N2OS2/c1-11-9-19-12(16-11)14(15-6-7-17-4)10-18-8-5-13(14,2)3/h9,15H,5-8,10H2,1-4H3. The van der Waals surface area contributed by atoms with Crippen LogP contribution in [0.15, 0.2) is 5.38 Å². The van der Waals surface area contributed by atoms with Crippen LogP contribution in [0.25, 0.3) is 0 Å². The number of hydrogen-bond acceptors (Lipinski definition) is 5. The summed E-state index contributed by atoms with van der Waals surface area (Å²) in [6, 6.07) is 0. The largest absolute Gasteiger partial charge is 0.383 e. The first-order valence-corrected chi connectivity index (χ1v) is 8.80. The van der Waals surface area contributed by atoms with E-state index in [9.17, 15) is 0 Å². The molecule has 0 saturated carbocycles. The lowest BCUT2D eigenvalue weighted by atomic mass is 9.71. The Morgan fingerprint density at radius 3 is 2.84 bits per heavy atom. The minimum atomic E-state index is -0.0205. The highest BCUT2D eigenvalue weighted by atomic mass is 32.2. The van der Waals surface area contributed by atoms with Crippen molar-refractivity contribution in [2.24, 2.45) is 5.41 Å². The summed E-state index contributed by atoms with van der Waals surface area (Å²) in [6.45, 7) is 8.42. The van der Waals surface area contributed by atoms with Crippen molar-refractivity contribution in [1.29, 1.82) is 0 Å². The molecule has 19 heavy (non-hydrogen) atoms. The van der Waals surface area contributed by atoms with E-state index in [1.54, 1.807) is 18.4 Å². The molecule has 5 heteroatoms. The molecular weight excluding hydrogens is 276 g/mol. The molecule has 1 unspecified atom stereocenters. The molecule has 0 radical (unpaired) electrons. The van der Waals surface area contributed by atoms with E-state index >= 15 is 0 Å². The lowest BCUT2D eigenvalue weighted by molar-refractivity contribution is 0.110. The Morgan fingerprint density at radius 2 is 2.26 bits per heavy atom. The third kappa shape index (κ3) is 2.99. The quantitative estimate of drug-likeness (QED) is 0.848.